The lowest BCUT2D eigenvalue weighted by Gasteiger charge is -1.96. The highest BCUT2D eigenvalue weighted by Crippen LogP contribution is 2.07. The zero-order valence-corrected chi connectivity index (χ0v) is 9.21. The normalized spacial score (nSPS) is 18.5. The maximum absolute atomic E-state index is 2.26. The van der Waals surface area contributed by atoms with Crippen molar-refractivity contribution in [2.24, 2.45) is 0 Å². The van der Waals surface area contributed by atoms with Gasteiger partial charge in [-0.15, -0.1) is 0 Å². The van der Waals surface area contributed by atoms with Crippen LogP contribution in [0.3, 0.4) is 0 Å². The van der Waals surface area contributed by atoms with Gasteiger partial charge in [-0.3, -0.25) is 0 Å². The summed E-state index contributed by atoms with van der Waals surface area (Å²) in [6.07, 6.45) is 21.0. The molecule has 0 atom stereocenters. The summed E-state index contributed by atoms with van der Waals surface area (Å²) in [4.78, 5) is 0. The Kier molecular flexibility index (Phi) is 9.34. The van der Waals surface area contributed by atoms with Gasteiger partial charge < -0.3 is 0 Å². The SMILES string of the molecule is C1=CC=CCCCCCCC=C1.S. The summed E-state index contributed by atoms with van der Waals surface area (Å²) in [6.45, 7) is 0. The van der Waals surface area contributed by atoms with E-state index in [1.165, 1.54) is 38.5 Å². The van der Waals surface area contributed by atoms with Gasteiger partial charge in [0.15, 0.2) is 0 Å². The van der Waals surface area contributed by atoms with Crippen LogP contribution in [0.25, 0.3) is 0 Å². The topological polar surface area (TPSA) is 0 Å². The van der Waals surface area contributed by atoms with E-state index in [0.717, 1.165) is 0 Å². The third-order valence-electron chi connectivity index (χ3n) is 2.10. The van der Waals surface area contributed by atoms with Crippen LogP contribution in [-0.4, -0.2) is 0 Å². The van der Waals surface area contributed by atoms with Crippen molar-refractivity contribution in [3.05, 3.63) is 36.5 Å². The quantitative estimate of drug-likeness (QED) is 0.546. The Morgan fingerprint density at radius 2 is 1.00 bits per heavy atom. The van der Waals surface area contributed by atoms with Gasteiger partial charge in [0.05, 0.1) is 0 Å². The minimum atomic E-state index is 0. The van der Waals surface area contributed by atoms with Crippen LogP contribution < -0.4 is 0 Å². The maximum atomic E-state index is 2.26. The summed E-state index contributed by atoms with van der Waals surface area (Å²) in [7, 11) is 0. The molecule has 1 aliphatic carbocycles. The van der Waals surface area contributed by atoms with Gasteiger partial charge in [-0.2, -0.15) is 13.5 Å². The summed E-state index contributed by atoms with van der Waals surface area (Å²) in [6, 6.07) is 0. The highest BCUT2D eigenvalue weighted by Gasteiger charge is 1.87. The molecule has 0 nitrogen and oxygen atoms in total. The van der Waals surface area contributed by atoms with Crippen LogP contribution in [0.2, 0.25) is 0 Å². The van der Waals surface area contributed by atoms with E-state index < -0.39 is 0 Å². The number of allylic oxidation sites excluding steroid dienone is 6. The molecule has 74 valence electrons. The van der Waals surface area contributed by atoms with Gasteiger partial charge in [0.1, 0.15) is 0 Å². The van der Waals surface area contributed by atoms with Crippen LogP contribution in [0.1, 0.15) is 38.5 Å². The molecule has 0 fully saturated rings. The van der Waals surface area contributed by atoms with Crippen LogP contribution in [0, 0.1) is 0 Å². The first-order valence-corrected chi connectivity index (χ1v) is 4.98. The Bertz CT molecular complexity index is 158. The van der Waals surface area contributed by atoms with E-state index in [4.69, 9.17) is 0 Å². The fourth-order valence-corrected chi connectivity index (χ4v) is 1.36. The highest BCUT2D eigenvalue weighted by molar-refractivity contribution is 7.59. The lowest BCUT2D eigenvalue weighted by atomic mass is 10.1. The fraction of sp³-hybridized carbons (Fsp3) is 0.500. The number of hydrogen-bond acceptors (Lipinski definition) is 0. The van der Waals surface area contributed by atoms with Gasteiger partial charge in [0, 0.05) is 0 Å². The predicted octanol–water partition coefficient (Wildman–Crippen LogP) is 4.12. The Balaban J connectivity index is 0.00000144. The second-order valence-electron chi connectivity index (χ2n) is 3.23. The molecule has 0 amide bonds. The van der Waals surface area contributed by atoms with E-state index in [1.54, 1.807) is 0 Å². The van der Waals surface area contributed by atoms with Crippen molar-refractivity contribution in [1.82, 2.24) is 0 Å². The number of hydrogen-bond donors (Lipinski definition) is 0. The molecule has 0 unspecified atom stereocenters. The van der Waals surface area contributed by atoms with Crippen molar-refractivity contribution in [1.29, 1.82) is 0 Å². The first kappa shape index (κ1) is 12.6. The van der Waals surface area contributed by atoms with Crippen LogP contribution in [0.5, 0.6) is 0 Å². The average molecular weight is 196 g/mol. The monoisotopic (exact) mass is 196 g/mol. The molecule has 0 bridgehead atoms. The van der Waals surface area contributed by atoms with Gasteiger partial charge in [-0.25, -0.2) is 0 Å². The van der Waals surface area contributed by atoms with E-state index >= 15 is 0 Å². The molecule has 0 aromatic rings. The molecule has 0 saturated carbocycles. The van der Waals surface area contributed by atoms with Gasteiger partial charge in [0.25, 0.3) is 0 Å². The summed E-state index contributed by atoms with van der Waals surface area (Å²) in [5.41, 5.74) is 0. The molecule has 0 heterocycles. The van der Waals surface area contributed by atoms with Crippen LogP contribution in [0.15, 0.2) is 36.5 Å². The molecule has 0 radical (unpaired) electrons. The molecule has 0 saturated heterocycles. The third kappa shape index (κ3) is 7.92. The Hall–Kier alpha value is -0.430. The molecule has 0 N–H and O–H groups in total. The van der Waals surface area contributed by atoms with Crippen molar-refractivity contribution in [3.8, 4) is 0 Å². The zero-order chi connectivity index (χ0) is 8.49. The summed E-state index contributed by atoms with van der Waals surface area (Å²) in [5.74, 6) is 0. The van der Waals surface area contributed by atoms with E-state index in [1.807, 2.05) is 0 Å². The Labute approximate surface area is 88.9 Å². The zero-order valence-electron chi connectivity index (χ0n) is 8.21. The van der Waals surface area contributed by atoms with E-state index in [9.17, 15) is 0 Å². The molecule has 1 aliphatic rings. The average Bonchev–Trinajstić information content (AvgIpc) is 2.05. The first-order chi connectivity index (χ1) is 6.00. The molecular weight excluding hydrogens is 176 g/mol. The minimum Gasteiger partial charge on any atom is -0.197 e. The van der Waals surface area contributed by atoms with Gasteiger partial charge in [0.2, 0.25) is 0 Å². The Morgan fingerprint density at radius 1 is 0.538 bits per heavy atom. The van der Waals surface area contributed by atoms with Crippen molar-refractivity contribution in [2.75, 3.05) is 0 Å². The minimum absolute atomic E-state index is 0. The van der Waals surface area contributed by atoms with E-state index in [2.05, 4.69) is 36.5 Å². The summed E-state index contributed by atoms with van der Waals surface area (Å²) < 4.78 is 0. The van der Waals surface area contributed by atoms with Crippen molar-refractivity contribution in [2.45, 2.75) is 38.5 Å². The van der Waals surface area contributed by atoms with Gasteiger partial charge in [-0.1, -0.05) is 49.3 Å². The molecule has 0 aliphatic heterocycles. The predicted molar refractivity (Wildman–Crippen MR) is 65.5 cm³/mol. The second kappa shape index (κ2) is 9.66. The second-order valence-corrected chi connectivity index (χ2v) is 3.23. The van der Waals surface area contributed by atoms with Crippen LogP contribution >= 0.6 is 13.5 Å². The lowest BCUT2D eigenvalue weighted by molar-refractivity contribution is 0.652. The van der Waals surface area contributed by atoms with Gasteiger partial charge >= 0.3 is 0 Å². The lowest BCUT2D eigenvalue weighted by Crippen LogP contribution is -1.77. The van der Waals surface area contributed by atoms with E-state index in [0.29, 0.717) is 0 Å². The summed E-state index contributed by atoms with van der Waals surface area (Å²) >= 11 is 0. The van der Waals surface area contributed by atoms with E-state index in [-0.39, 0.29) is 13.5 Å². The Morgan fingerprint density at radius 3 is 1.46 bits per heavy atom. The molecule has 1 rings (SSSR count). The maximum Gasteiger partial charge on any atom is -0.0348 e. The molecule has 0 spiro atoms. The summed E-state index contributed by atoms with van der Waals surface area (Å²) in [5, 5.41) is 0. The number of rotatable bonds is 0. The molecule has 0 aromatic heterocycles. The smallest absolute Gasteiger partial charge is 0.0348 e. The molecule has 1 heteroatoms. The molecular formula is C12H20S. The standard InChI is InChI=1S/C12H18.H2S/c1-2-4-6-8-10-12-11-9-7-5-3-1;/h1-6H,7-12H2;1H2. The largest absolute Gasteiger partial charge is 0.197 e. The van der Waals surface area contributed by atoms with Gasteiger partial charge in [-0.05, 0) is 25.7 Å². The van der Waals surface area contributed by atoms with Crippen LogP contribution in [-0.2, 0) is 0 Å². The van der Waals surface area contributed by atoms with Crippen LogP contribution in [0.4, 0.5) is 0 Å². The van der Waals surface area contributed by atoms with Crippen molar-refractivity contribution in [3.63, 3.8) is 0 Å². The molecule has 0 aromatic carbocycles. The van der Waals surface area contributed by atoms with Crippen molar-refractivity contribution >= 4 is 13.5 Å². The fourth-order valence-electron chi connectivity index (χ4n) is 1.36. The third-order valence-corrected chi connectivity index (χ3v) is 2.10. The molecule has 13 heavy (non-hydrogen) atoms. The highest BCUT2D eigenvalue weighted by atomic mass is 32.1. The van der Waals surface area contributed by atoms with Crippen molar-refractivity contribution < 1.29 is 0 Å². The first-order valence-electron chi connectivity index (χ1n) is 4.98.